The van der Waals surface area contributed by atoms with E-state index in [0.29, 0.717) is 24.9 Å². The molecule has 1 saturated heterocycles. The van der Waals surface area contributed by atoms with Crippen LogP contribution in [-0.2, 0) is 24.6 Å². The van der Waals surface area contributed by atoms with Crippen LogP contribution in [0.25, 0.3) is 0 Å². The van der Waals surface area contributed by atoms with Crippen molar-refractivity contribution in [1.29, 1.82) is 0 Å². The first-order valence-electron chi connectivity index (χ1n) is 8.81. The highest BCUT2D eigenvalue weighted by atomic mass is 16.3. The number of β-amino-alcohol motifs (C(OH)–C–C–N with tert-alkyl or cyclic N) is 1. The number of carbonyl (C=O) groups excluding carboxylic acids is 4. The van der Waals surface area contributed by atoms with E-state index >= 15 is 0 Å². The van der Waals surface area contributed by atoms with Crippen LogP contribution in [0.15, 0.2) is 36.0 Å². The number of piperidine rings is 1. The predicted octanol–water partition coefficient (Wildman–Crippen LogP) is 0.428. The van der Waals surface area contributed by atoms with Gasteiger partial charge in [-0.1, -0.05) is 19.1 Å². The summed E-state index contributed by atoms with van der Waals surface area (Å²) < 4.78 is 0. The lowest BCUT2D eigenvalue weighted by atomic mass is 9.72. The van der Waals surface area contributed by atoms with E-state index in [9.17, 15) is 19.2 Å². The summed E-state index contributed by atoms with van der Waals surface area (Å²) in [5, 5.41) is 14.2. The van der Waals surface area contributed by atoms with Crippen LogP contribution in [0.5, 0.6) is 0 Å². The molecule has 1 atom stereocenters. The minimum Gasteiger partial charge on any atom is -0.395 e. The Hall–Kier alpha value is -3.00. The van der Waals surface area contributed by atoms with Crippen LogP contribution in [0.1, 0.15) is 31.7 Å². The SMILES string of the molecule is CCC1(c2ccc(NC3=CC(=O)N(CCO)C3=O)cc2)CCC(=O)NC1=O. The molecule has 8 heteroatoms. The van der Waals surface area contributed by atoms with Crippen molar-refractivity contribution in [3.05, 3.63) is 41.6 Å². The molecular weight excluding hydrogens is 350 g/mol. The van der Waals surface area contributed by atoms with Crippen molar-refractivity contribution in [3.8, 4) is 0 Å². The summed E-state index contributed by atoms with van der Waals surface area (Å²) in [5.74, 6) is -1.51. The smallest absolute Gasteiger partial charge is 0.277 e. The summed E-state index contributed by atoms with van der Waals surface area (Å²) in [6.07, 6.45) is 2.51. The largest absolute Gasteiger partial charge is 0.395 e. The van der Waals surface area contributed by atoms with E-state index in [0.717, 1.165) is 10.5 Å². The van der Waals surface area contributed by atoms with Crippen molar-refractivity contribution in [1.82, 2.24) is 10.2 Å². The number of rotatable bonds is 6. The van der Waals surface area contributed by atoms with Gasteiger partial charge in [0.2, 0.25) is 11.8 Å². The molecule has 0 aromatic heterocycles. The molecule has 1 aromatic carbocycles. The molecule has 1 aromatic rings. The fraction of sp³-hybridized carbons (Fsp3) is 0.368. The fourth-order valence-corrected chi connectivity index (χ4v) is 3.50. The minimum absolute atomic E-state index is 0.0505. The van der Waals surface area contributed by atoms with Gasteiger partial charge >= 0.3 is 0 Å². The van der Waals surface area contributed by atoms with Gasteiger partial charge < -0.3 is 10.4 Å². The molecule has 2 aliphatic heterocycles. The van der Waals surface area contributed by atoms with Crippen molar-refractivity contribution in [2.24, 2.45) is 0 Å². The molecule has 2 heterocycles. The Kier molecular flexibility index (Phi) is 5.09. The number of imide groups is 2. The zero-order chi connectivity index (χ0) is 19.6. The third kappa shape index (κ3) is 3.35. The van der Waals surface area contributed by atoms with Crippen LogP contribution in [0, 0.1) is 0 Å². The molecule has 27 heavy (non-hydrogen) atoms. The predicted molar refractivity (Wildman–Crippen MR) is 96.3 cm³/mol. The second-order valence-corrected chi connectivity index (χ2v) is 6.59. The van der Waals surface area contributed by atoms with Gasteiger partial charge in [0.05, 0.1) is 18.6 Å². The molecule has 0 bridgehead atoms. The van der Waals surface area contributed by atoms with E-state index in [-0.39, 0.29) is 30.7 Å². The van der Waals surface area contributed by atoms with Crippen molar-refractivity contribution in [2.45, 2.75) is 31.6 Å². The van der Waals surface area contributed by atoms with Gasteiger partial charge in [0.15, 0.2) is 0 Å². The summed E-state index contributed by atoms with van der Waals surface area (Å²) in [5.41, 5.74) is 0.774. The third-order valence-corrected chi connectivity index (χ3v) is 5.12. The van der Waals surface area contributed by atoms with E-state index in [1.807, 2.05) is 6.92 Å². The van der Waals surface area contributed by atoms with Gasteiger partial charge in [-0.05, 0) is 30.5 Å². The molecule has 0 spiro atoms. The second kappa shape index (κ2) is 7.32. The first-order chi connectivity index (χ1) is 12.9. The number of aliphatic hydroxyl groups excluding tert-OH is 1. The minimum atomic E-state index is -0.747. The first kappa shape index (κ1) is 18.8. The van der Waals surface area contributed by atoms with Crippen molar-refractivity contribution >= 4 is 29.3 Å². The van der Waals surface area contributed by atoms with Gasteiger partial charge in [-0.2, -0.15) is 0 Å². The topological polar surface area (TPSA) is 116 Å². The number of carbonyl (C=O) groups is 4. The maximum atomic E-state index is 12.4. The van der Waals surface area contributed by atoms with Crippen molar-refractivity contribution in [3.63, 3.8) is 0 Å². The highest BCUT2D eigenvalue weighted by molar-refractivity contribution is 6.17. The monoisotopic (exact) mass is 371 g/mol. The highest BCUT2D eigenvalue weighted by Gasteiger charge is 2.42. The Balaban J connectivity index is 1.77. The van der Waals surface area contributed by atoms with Gasteiger partial charge in [-0.15, -0.1) is 0 Å². The fourth-order valence-electron chi connectivity index (χ4n) is 3.50. The van der Waals surface area contributed by atoms with E-state index in [2.05, 4.69) is 10.6 Å². The lowest BCUT2D eigenvalue weighted by molar-refractivity contribution is -0.139. The lowest BCUT2D eigenvalue weighted by Crippen LogP contribution is -2.51. The zero-order valence-corrected chi connectivity index (χ0v) is 14.9. The van der Waals surface area contributed by atoms with Crippen LogP contribution in [0.4, 0.5) is 5.69 Å². The number of hydrogen-bond donors (Lipinski definition) is 3. The summed E-state index contributed by atoms with van der Waals surface area (Å²) in [7, 11) is 0. The molecule has 0 aliphatic carbocycles. The summed E-state index contributed by atoms with van der Waals surface area (Å²) in [6.45, 7) is 1.56. The molecule has 142 valence electrons. The Morgan fingerprint density at radius 2 is 1.89 bits per heavy atom. The highest BCUT2D eigenvalue weighted by Crippen LogP contribution is 2.36. The Morgan fingerprint density at radius 3 is 2.48 bits per heavy atom. The molecule has 2 aliphatic rings. The van der Waals surface area contributed by atoms with E-state index in [4.69, 9.17) is 5.11 Å². The van der Waals surface area contributed by atoms with Gasteiger partial charge in [0, 0.05) is 18.2 Å². The van der Waals surface area contributed by atoms with Crippen LogP contribution < -0.4 is 10.6 Å². The van der Waals surface area contributed by atoms with Gasteiger partial charge in [0.1, 0.15) is 5.70 Å². The van der Waals surface area contributed by atoms with Crippen molar-refractivity contribution in [2.75, 3.05) is 18.5 Å². The van der Waals surface area contributed by atoms with Gasteiger partial charge in [-0.25, -0.2) is 0 Å². The third-order valence-electron chi connectivity index (χ3n) is 5.12. The summed E-state index contributed by atoms with van der Waals surface area (Å²) in [4.78, 5) is 48.8. The number of nitrogens with zero attached hydrogens (tertiary/aromatic N) is 1. The van der Waals surface area contributed by atoms with Crippen LogP contribution >= 0.6 is 0 Å². The van der Waals surface area contributed by atoms with Crippen LogP contribution in [-0.4, -0.2) is 46.8 Å². The first-order valence-corrected chi connectivity index (χ1v) is 8.81. The maximum Gasteiger partial charge on any atom is 0.277 e. The quantitative estimate of drug-likeness (QED) is 0.625. The van der Waals surface area contributed by atoms with E-state index < -0.39 is 17.2 Å². The second-order valence-electron chi connectivity index (χ2n) is 6.59. The van der Waals surface area contributed by atoms with Crippen molar-refractivity contribution < 1.29 is 24.3 Å². The maximum absolute atomic E-state index is 12.4. The molecule has 0 radical (unpaired) electrons. The zero-order valence-electron chi connectivity index (χ0n) is 14.9. The number of nitrogens with one attached hydrogen (secondary N) is 2. The van der Waals surface area contributed by atoms with Crippen LogP contribution in [0.3, 0.4) is 0 Å². The number of aliphatic hydroxyl groups is 1. The van der Waals surface area contributed by atoms with Gasteiger partial charge in [0.25, 0.3) is 11.8 Å². The standard InChI is InChI=1S/C19H21N3O5/c1-2-19(8-7-15(24)21-18(19)27)12-3-5-13(6-4-12)20-14-11-16(25)22(9-10-23)17(14)26/h3-6,11,20,23H,2,7-10H2,1H3,(H,21,24,27). The number of anilines is 1. The Bertz CT molecular complexity index is 830. The average molecular weight is 371 g/mol. The number of amides is 4. The number of hydrogen-bond acceptors (Lipinski definition) is 6. The van der Waals surface area contributed by atoms with Crippen LogP contribution in [0.2, 0.25) is 0 Å². The molecule has 3 N–H and O–H groups in total. The molecular formula is C19H21N3O5. The summed E-state index contributed by atoms with van der Waals surface area (Å²) in [6, 6.07) is 7.02. The van der Waals surface area contributed by atoms with E-state index in [1.54, 1.807) is 24.3 Å². The average Bonchev–Trinajstić information content (AvgIpc) is 2.91. The van der Waals surface area contributed by atoms with E-state index in [1.165, 1.54) is 6.08 Å². The molecule has 0 saturated carbocycles. The normalized spacial score (nSPS) is 22.7. The molecule has 3 rings (SSSR count). The summed E-state index contributed by atoms with van der Waals surface area (Å²) >= 11 is 0. The lowest BCUT2D eigenvalue weighted by Gasteiger charge is -2.35. The van der Waals surface area contributed by atoms with Gasteiger partial charge in [-0.3, -0.25) is 29.4 Å². The number of benzene rings is 1. The molecule has 1 unspecified atom stereocenters. The molecule has 8 nitrogen and oxygen atoms in total. The molecule has 4 amide bonds. The molecule has 1 fully saturated rings. The Labute approximate surface area is 156 Å². The Morgan fingerprint density at radius 1 is 1.19 bits per heavy atom.